The van der Waals surface area contributed by atoms with Crippen molar-refractivity contribution in [2.45, 2.75) is 137 Å². The molecular formula is C26H51NO2. The zero-order chi connectivity index (χ0) is 21.6. The van der Waals surface area contributed by atoms with Crippen LogP contribution < -0.4 is 5.32 Å². The van der Waals surface area contributed by atoms with E-state index in [0.717, 1.165) is 43.7 Å². The average Bonchev–Trinajstić information content (AvgIpc) is 2.72. The van der Waals surface area contributed by atoms with Gasteiger partial charge in [-0.25, -0.2) is 0 Å². The third-order valence-electron chi connectivity index (χ3n) is 5.68. The van der Waals surface area contributed by atoms with E-state index in [0.29, 0.717) is 0 Å². The summed E-state index contributed by atoms with van der Waals surface area (Å²) in [6.07, 6.45) is 21.7. The normalized spacial score (nSPS) is 12.0. The lowest BCUT2D eigenvalue weighted by Crippen LogP contribution is -2.27. The Kier molecular flexibility index (Phi) is 21.0. The molecule has 0 fully saturated rings. The van der Waals surface area contributed by atoms with Gasteiger partial charge in [-0.05, 0) is 26.2 Å². The molecule has 0 rings (SSSR count). The van der Waals surface area contributed by atoms with Crippen LogP contribution in [-0.4, -0.2) is 19.1 Å². The smallest absolute Gasteiger partial charge is 0.250 e. The highest BCUT2D eigenvalue weighted by Gasteiger charge is 2.11. The molecule has 0 bridgehead atoms. The number of carbonyl (C=O) groups excluding carboxylic acids is 1. The predicted octanol–water partition coefficient (Wildman–Crippen LogP) is 8.08. The molecule has 0 spiro atoms. The van der Waals surface area contributed by atoms with Crippen molar-refractivity contribution in [1.29, 1.82) is 0 Å². The highest BCUT2D eigenvalue weighted by molar-refractivity contribution is 5.93. The maximum Gasteiger partial charge on any atom is 0.250 e. The second-order valence-corrected chi connectivity index (χ2v) is 8.44. The molecule has 0 heterocycles. The molecule has 0 aromatic carbocycles. The molecule has 0 saturated heterocycles. The van der Waals surface area contributed by atoms with Crippen LogP contribution in [0.4, 0.5) is 0 Å². The SMILES string of the molecule is CCCCCCCCCCCCCCCNC(=O)C(CC)=C(C)OCCCCC. The molecule has 0 unspecified atom stereocenters. The third kappa shape index (κ3) is 17.6. The maximum atomic E-state index is 12.4. The lowest BCUT2D eigenvalue weighted by molar-refractivity contribution is -0.117. The first-order valence-corrected chi connectivity index (χ1v) is 12.8. The summed E-state index contributed by atoms with van der Waals surface area (Å²) < 4.78 is 5.76. The van der Waals surface area contributed by atoms with Crippen LogP contribution in [0.2, 0.25) is 0 Å². The Balaban J connectivity index is 3.62. The van der Waals surface area contributed by atoms with Gasteiger partial charge in [-0.2, -0.15) is 0 Å². The molecule has 1 amide bonds. The van der Waals surface area contributed by atoms with Gasteiger partial charge >= 0.3 is 0 Å². The van der Waals surface area contributed by atoms with Crippen molar-refractivity contribution in [3.8, 4) is 0 Å². The quantitative estimate of drug-likeness (QED) is 0.118. The first-order chi connectivity index (χ1) is 14.2. The number of hydrogen-bond donors (Lipinski definition) is 1. The number of allylic oxidation sites excluding steroid dienone is 1. The Labute approximate surface area is 182 Å². The molecule has 0 aromatic heterocycles. The van der Waals surface area contributed by atoms with E-state index < -0.39 is 0 Å². The molecule has 3 heteroatoms. The number of hydrogen-bond acceptors (Lipinski definition) is 2. The van der Waals surface area contributed by atoms with Crippen molar-refractivity contribution >= 4 is 5.91 Å². The van der Waals surface area contributed by atoms with Crippen molar-refractivity contribution in [2.75, 3.05) is 13.2 Å². The van der Waals surface area contributed by atoms with Crippen molar-refractivity contribution in [2.24, 2.45) is 0 Å². The Morgan fingerprint density at radius 1 is 0.655 bits per heavy atom. The minimum absolute atomic E-state index is 0.0550. The molecule has 29 heavy (non-hydrogen) atoms. The van der Waals surface area contributed by atoms with Gasteiger partial charge in [-0.15, -0.1) is 0 Å². The molecule has 3 nitrogen and oxygen atoms in total. The molecule has 172 valence electrons. The van der Waals surface area contributed by atoms with Crippen LogP contribution in [0.3, 0.4) is 0 Å². The number of ether oxygens (including phenoxy) is 1. The number of nitrogens with one attached hydrogen (secondary N) is 1. The van der Waals surface area contributed by atoms with Crippen molar-refractivity contribution < 1.29 is 9.53 Å². The van der Waals surface area contributed by atoms with E-state index in [1.807, 2.05) is 13.8 Å². The van der Waals surface area contributed by atoms with E-state index in [4.69, 9.17) is 4.74 Å². The van der Waals surface area contributed by atoms with E-state index >= 15 is 0 Å². The van der Waals surface area contributed by atoms with Gasteiger partial charge in [0.15, 0.2) is 0 Å². The van der Waals surface area contributed by atoms with Crippen LogP contribution in [0.25, 0.3) is 0 Å². The van der Waals surface area contributed by atoms with Crippen LogP contribution in [0.15, 0.2) is 11.3 Å². The first kappa shape index (κ1) is 28.0. The van der Waals surface area contributed by atoms with Gasteiger partial charge in [0.2, 0.25) is 0 Å². The predicted molar refractivity (Wildman–Crippen MR) is 127 cm³/mol. The Morgan fingerprint density at radius 3 is 1.59 bits per heavy atom. The second kappa shape index (κ2) is 21.7. The lowest BCUT2D eigenvalue weighted by atomic mass is 10.0. The molecule has 0 radical (unpaired) electrons. The molecular weight excluding hydrogens is 358 g/mol. The second-order valence-electron chi connectivity index (χ2n) is 8.44. The minimum atomic E-state index is 0.0550. The monoisotopic (exact) mass is 409 g/mol. The van der Waals surface area contributed by atoms with Crippen molar-refractivity contribution in [1.82, 2.24) is 5.32 Å². The molecule has 0 aliphatic carbocycles. The zero-order valence-electron chi connectivity index (χ0n) is 20.3. The summed E-state index contributed by atoms with van der Waals surface area (Å²) in [5.74, 6) is 0.853. The van der Waals surface area contributed by atoms with Crippen molar-refractivity contribution in [3.63, 3.8) is 0 Å². The van der Waals surface area contributed by atoms with Crippen LogP contribution in [0.1, 0.15) is 137 Å². The summed E-state index contributed by atoms with van der Waals surface area (Å²) in [5, 5.41) is 3.08. The van der Waals surface area contributed by atoms with Gasteiger partial charge in [0.05, 0.1) is 12.2 Å². The Hall–Kier alpha value is -0.990. The summed E-state index contributed by atoms with van der Waals surface area (Å²) in [5.41, 5.74) is 0.802. The molecule has 1 N–H and O–H groups in total. The van der Waals surface area contributed by atoms with Gasteiger partial charge in [-0.1, -0.05) is 111 Å². The molecule has 0 aliphatic rings. The lowest BCUT2D eigenvalue weighted by Gasteiger charge is -2.12. The molecule has 0 aromatic rings. The molecule has 0 saturated carbocycles. The number of rotatable bonds is 21. The highest BCUT2D eigenvalue weighted by Crippen LogP contribution is 2.13. The van der Waals surface area contributed by atoms with E-state index in [1.165, 1.54) is 89.9 Å². The third-order valence-corrected chi connectivity index (χ3v) is 5.68. The largest absolute Gasteiger partial charge is 0.498 e. The van der Waals surface area contributed by atoms with Crippen LogP contribution in [0, 0.1) is 0 Å². The number of unbranched alkanes of at least 4 members (excludes halogenated alkanes) is 14. The van der Waals surface area contributed by atoms with Gasteiger partial charge in [0.25, 0.3) is 5.91 Å². The maximum absolute atomic E-state index is 12.4. The van der Waals surface area contributed by atoms with E-state index in [9.17, 15) is 4.79 Å². The minimum Gasteiger partial charge on any atom is -0.498 e. The standard InChI is InChI=1S/C26H51NO2/c1-5-8-10-11-12-13-14-15-16-17-18-19-20-22-27-26(28)25(7-3)24(4)29-23-21-9-6-2/h5-23H2,1-4H3,(H,27,28). The fourth-order valence-corrected chi connectivity index (χ4v) is 3.69. The number of amides is 1. The average molecular weight is 410 g/mol. The van der Waals surface area contributed by atoms with E-state index in [1.54, 1.807) is 0 Å². The van der Waals surface area contributed by atoms with E-state index in [2.05, 4.69) is 19.2 Å². The van der Waals surface area contributed by atoms with Crippen LogP contribution in [-0.2, 0) is 9.53 Å². The summed E-state index contributed by atoms with van der Waals surface area (Å²) in [6.45, 7) is 9.91. The summed E-state index contributed by atoms with van der Waals surface area (Å²) in [4.78, 5) is 12.4. The molecule has 0 aliphatic heterocycles. The Bertz CT molecular complexity index is 404. The van der Waals surface area contributed by atoms with E-state index in [-0.39, 0.29) is 5.91 Å². The number of carbonyl (C=O) groups is 1. The van der Waals surface area contributed by atoms with Crippen LogP contribution >= 0.6 is 0 Å². The fraction of sp³-hybridized carbons (Fsp3) is 0.885. The highest BCUT2D eigenvalue weighted by atomic mass is 16.5. The Morgan fingerprint density at radius 2 is 1.10 bits per heavy atom. The van der Waals surface area contributed by atoms with Gasteiger partial charge in [0, 0.05) is 6.54 Å². The van der Waals surface area contributed by atoms with Gasteiger partial charge < -0.3 is 10.1 Å². The molecule has 0 atom stereocenters. The van der Waals surface area contributed by atoms with Crippen LogP contribution in [0.5, 0.6) is 0 Å². The van der Waals surface area contributed by atoms with Crippen molar-refractivity contribution in [3.05, 3.63) is 11.3 Å². The van der Waals surface area contributed by atoms with Gasteiger partial charge in [0.1, 0.15) is 5.76 Å². The summed E-state index contributed by atoms with van der Waals surface area (Å²) in [7, 11) is 0. The first-order valence-electron chi connectivity index (χ1n) is 12.8. The summed E-state index contributed by atoms with van der Waals surface area (Å²) >= 11 is 0. The summed E-state index contributed by atoms with van der Waals surface area (Å²) in [6, 6.07) is 0. The zero-order valence-corrected chi connectivity index (χ0v) is 20.3. The topological polar surface area (TPSA) is 38.3 Å². The van der Waals surface area contributed by atoms with Gasteiger partial charge in [-0.3, -0.25) is 4.79 Å². The fourth-order valence-electron chi connectivity index (χ4n) is 3.69.